The topological polar surface area (TPSA) is 99.5 Å². The molecule has 0 aliphatic rings. The number of pyridine rings is 1. The predicted molar refractivity (Wildman–Crippen MR) is 67.4 cm³/mol. The number of sulfonamides is 1. The fourth-order valence-corrected chi connectivity index (χ4v) is 2.33. The zero-order valence-corrected chi connectivity index (χ0v) is 11.0. The summed E-state index contributed by atoms with van der Waals surface area (Å²) < 4.78 is 25.5. The van der Waals surface area contributed by atoms with E-state index in [9.17, 15) is 13.5 Å². The van der Waals surface area contributed by atoms with Gasteiger partial charge in [0, 0.05) is 24.9 Å². The molecule has 1 rings (SSSR count). The second-order valence-corrected chi connectivity index (χ2v) is 6.29. The fraction of sp³-hybridized carbons (Fsp3) is 0.545. The first-order valence-corrected chi connectivity index (χ1v) is 7.20. The van der Waals surface area contributed by atoms with E-state index in [2.05, 4.69) is 9.71 Å². The van der Waals surface area contributed by atoms with Gasteiger partial charge >= 0.3 is 0 Å². The summed E-state index contributed by atoms with van der Waals surface area (Å²) in [4.78, 5) is 4.03. The molecule has 1 heterocycles. The summed E-state index contributed by atoms with van der Waals surface area (Å²) in [5, 5.41) is 18.3. The number of aryl methyl sites for hydroxylation is 1. The van der Waals surface area contributed by atoms with E-state index in [0.717, 1.165) is 0 Å². The molecule has 0 radical (unpaired) electrons. The first-order chi connectivity index (χ1) is 8.35. The summed E-state index contributed by atoms with van der Waals surface area (Å²) in [7, 11) is -3.48. The van der Waals surface area contributed by atoms with Crippen molar-refractivity contribution in [3.8, 4) is 0 Å². The molecule has 3 N–H and O–H groups in total. The molecule has 1 atom stereocenters. The van der Waals surface area contributed by atoms with Gasteiger partial charge in [0.05, 0.1) is 18.0 Å². The largest absolute Gasteiger partial charge is 0.393 e. The predicted octanol–water partition coefficient (Wildman–Crippen LogP) is -0.713. The molecule has 1 unspecified atom stereocenters. The van der Waals surface area contributed by atoms with Crippen molar-refractivity contribution in [3.05, 3.63) is 30.1 Å². The summed E-state index contributed by atoms with van der Waals surface area (Å²) in [6.07, 6.45) is 1.91. The van der Waals surface area contributed by atoms with Crippen LogP contribution < -0.4 is 4.72 Å². The van der Waals surface area contributed by atoms with Crippen LogP contribution in [0.2, 0.25) is 0 Å². The Kier molecular flexibility index (Phi) is 5.21. The van der Waals surface area contributed by atoms with Crippen molar-refractivity contribution in [2.75, 3.05) is 18.9 Å². The molecule has 0 aromatic carbocycles. The van der Waals surface area contributed by atoms with Gasteiger partial charge in [0.2, 0.25) is 10.0 Å². The Hall–Kier alpha value is -1.02. The maximum atomic E-state index is 11.6. The molecule has 1 aromatic heterocycles. The summed E-state index contributed by atoms with van der Waals surface area (Å²) in [5.74, 6) is -0.106. The van der Waals surface area contributed by atoms with Gasteiger partial charge in [-0.2, -0.15) is 0 Å². The van der Waals surface area contributed by atoms with Crippen LogP contribution >= 0.6 is 0 Å². The van der Waals surface area contributed by atoms with Crippen LogP contribution in [0.3, 0.4) is 0 Å². The van der Waals surface area contributed by atoms with Crippen molar-refractivity contribution in [2.45, 2.75) is 18.9 Å². The van der Waals surface area contributed by atoms with Gasteiger partial charge < -0.3 is 10.2 Å². The number of aliphatic hydroxyl groups excluding tert-OH is 1. The van der Waals surface area contributed by atoms with Gasteiger partial charge in [-0.25, -0.2) is 13.1 Å². The lowest BCUT2D eigenvalue weighted by atomic mass is 10.1. The molecule has 0 saturated carbocycles. The molecular weight excluding hydrogens is 256 g/mol. The Morgan fingerprint density at radius 2 is 2.17 bits per heavy atom. The van der Waals surface area contributed by atoms with Crippen molar-refractivity contribution < 1.29 is 18.6 Å². The lowest BCUT2D eigenvalue weighted by Gasteiger charge is -2.20. The van der Waals surface area contributed by atoms with E-state index < -0.39 is 22.2 Å². The summed E-state index contributed by atoms with van der Waals surface area (Å²) in [6.45, 7) is 0.637. The first kappa shape index (κ1) is 15.0. The summed E-state index contributed by atoms with van der Waals surface area (Å²) >= 11 is 0. The van der Waals surface area contributed by atoms with Crippen LogP contribution in [0.4, 0.5) is 0 Å². The highest BCUT2D eigenvalue weighted by atomic mass is 32.2. The van der Waals surface area contributed by atoms with Crippen LogP contribution in [0, 0.1) is 0 Å². The molecule has 0 spiro atoms. The van der Waals surface area contributed by atoms with Crippen molar-refractivity contribution in [2.24, 2.45) is 0 Å². The number of nitrogens with one attached hydrogen (secondary N) is 1. The summed E-state index contributed by atoms with van der Waals surface area (Å²) in [5.41, 5.74) is -0.755. The SMILES string of the molecule is CC(O)(CO)CNS(=O)(=O)CCc1ccccn1. The second kappa shape index (κ2) is 6.24. The molecule has 0 saturated heterocycles. The van der Waals surface area contributed by atoms with Gasteiger partial charge in [-0.3, -0.25) is 4.98 Å². The van der Waals surface area contributed by atoms with Crippen molar-refractivity contribution in [1.29, 1.82) is 0 Å². The number of aromatic nitrogens is 1. The maximum absolute atomic E-state index is 11.6. The van der Waals surface area contributed by atoms with Crippen molar-refractivity contribution in [3.63, 3.8) is 0 Å². The molecule has 7 heteroatoms. The molecule has 102 valence electrons. The van der Waals surface area contributed by atoms with E-state index in [0.29, 0.717) is 12.1 Å². The van der Waals surface area contributed by atoms with Crippen LogP contribution in [0.15, 0.2) is 24.4 Å². The number of rotatable bonds is 7. The Bertz CT molecular complexity index is 459. The number of aliphatic hydroxyl groups is 2. The Labute approximate surface area is 107 Å². The third kappa shape index (κ3) is 5.54. The minimum atomic E-state index is -3.48. The maximum Gasteiger partial charge on any atom is 0.212 e. The first-order valence-electron chi connectivity index (χ1n) is 5.55. The van der Waals surface area contributed by atoms with Gasteiger partial charge in [-0.15, -0.1) is 0 Å². The highest BCUT2D eigenvalue weighted by Crippen LogP contribution is 2.02. The van der Waals surface area contributed by atoms with Gasteiger partial charge in [0.15, 0.2) is 0 Å². The number of hydrogen-bond donors (Lipinski definition) is 3. The number of nitrogens with zero attached hydrogens (tertiary/aromatic N) is 1. The lowest BCUT2D eigenvalue weighted by molar-refractivity contribution is 0.00681. The molecular formula is C11H18N2O4S. The van der Waals surface area contributed by atoms with E-state index in [-0.39, 0.29) is 12.3 Å². The molecule has 6 nitrogen and oxygen atoms in total. The second-order valence-electron chi connectivity index (χ2n) is 4.37. The monoisotopic (exact) mass is 274 g/mol. The highest BCUT2D eigenvalue weighted by Gasteiger charge is 2.22. The Morgan fingerprint density at radius 3 is 2.72 bits per heavy atom. The van der Waals surface area contributed by atoms with Crippen LogP contribution in [-0.4, -0.2) is 48.1 Å². The zero-order chi connectivity index (χ0) is 13.6. The van der Waals surface area contributed by atoms with Crippen molar-refractivity contribution >= 4 is 10.0 Å². The highest BCUT2D eigenvalue weighted by molar-refractivity contribution is 7.89. The van der Waals surface area contributed by atoms with Crippen molar-refractivity contribution in [1.82, 2.24) is 9.71 Å². The molecule has 1 aromatic rings. The molecule has 0 fully saturated rings. The van der Waals surface area contributed by atoms with Gasteiger partial charge in [-0.1, -0.05) is 6.07 Å². The smallest absolute Gasteiger partial charge is 0.212 e. The average molecular weight is 274 g/mol. The van der Waals surface area contributed by atoms with E-state index in [1.165, 1.54) is 6.92 Å². The minimum Gasteiger partial charge on any atom is -0.393 e. The molecule has 0 aliphatic carbocycles. The van der Waals surface area contributed by atoms with Crippen LogP contribution in [-0.2, 0) is 16.4 Å². The minimum absolute atomic E-state index is 0.106. The summed E-state index contributed by atoms with van der Waals surface area (Å²) in [6, 6.07) is 5.30. The fourth-order valence-electron chi connectivity index (χ4n) is 1.18. The van der Waals surface area contributed by atoms with Crippen LogP contribution in [0.5, 0.6) is 0 Å². The quantitative estimate of drug-likeness (QED) is 0.610. The number of hydrogen-bond acceptors (Lipinski definition) is 5. The van der Waals surface area contributed by atoms with Gasteiger partial charge in [-0.05, 0) is 19.1 Å². The third-order valence-corrected chi connectivity index (χ3v) is 3.69. The molecule has 0 amide bonds. The zero-order valence-electron chi connectivity index (χ0n) is 10.2. The van der Waals surface area contributed by atoms with E-state index in [4.69, 9.17) is 5.11 Å². The molecule has 0 aliphatic heterocycles. The van der Waals surface area contributed by atoms with Crippen LogP contribution in [0.25, 0.3) is 0 Å². The van der Waals surface area contributed by atoms with Gasteiger partial charge in [0.25, 0.3) is 0 Å². The average Bonchev–Trinajstić information content (AvgIpc) is 2.36. The van der Waals surface area contributed by atoms with Gasteiger partial charge in [0.1, 0.15) is 0 Å². The van der Waals surface area contributed by atoms with E-state index in [1.54, 1.807) is 24.4 Å². The van der Waals surface area contributed by atoms with Crippen LogP contribution in [0.1, 0.15) is 12.6 Å². The van der Waals surface area contributed by atoms with E-state index >= 15 is 0 Å². The Balaban J connectivity index is 2.46. The molecule has 18 heavy (non-hydrogen) atoms. The van der Waals surface area contributed by atoms with E-state index in [1.807, 2.05) is 0 Å². The normalized spacial score (nSPS) is 15.3. The molecule has 0 bridgehead atoms. The lowest BCUT2D eigenvalue weighted by Crippen LogP contribution is -2.44. The standard InChI is InChI=1S/C11H18N2O4S/c1-11(15,9-14)8-13-18(16,17)7-5-10-4-2-3-6-12-10/h2-4,6,13-15H,5,7-9H2,1H3. The Morgan fingerprint density at radius 1 is 1.44 bits per heavy atom. The third-order valence-electron chi connectivity index (χ3n) is 2.37.